The van der Waals surface area contributed by atoms with Crippen molar-refractivity contribution in [1.82, 2.24) is 0 Å². The van der Waals surface area contributed by atoms with E-state index in [9.17, 15) is 4.79 Å². The number of benzene rings is 2. The van der Waals surface area contributed by atoms with Crippen LogP contribution >= 0.6 is 0 Å². The van der Waals surface area contributed by atoms with Gasteiger partial charge in [0.1, 0.15) is 0 Å². The minimum atomic E-state index is -0.379. The van der Waals surface area contributed by atoms with Crippen LogP contribution in [0.4, 0.5) is 11.4 Å². The number of para-hydroxylation sites is 1. The molecule has 0 bridgehead atoms. The van der Waals surface area contributed by atoms with E-state index in [2.05, 4.69) is 66.5 Å². The third kappa shape index (κ3) is 2.99. The van der Waals surface area contributed by atoms with Crippen molar-refractivity contribution >= 4 is 17.3 Å². The number of carbonyl (C=O) groups is 1. The van der Waals surface area contributed by atoms with Gasteiger partial charge in [-0.3, -0.25) is 4.79 Å². The number of hydrogen-bond donors (Lipinski definition) is 2. The smallest absolute Gasteiger partial charge is 0.250 e. The number of hydrogen-bond acceptors (Lipinski definition) is 3. The first-order valence-corrected chi connectivity index (χ1v) is 9.84. The van der Waals surface area contributed by atoms with Gasteiger partial charge in [-0.15, -0.1) is 0 Å². The molecule has 2 aromatic carbocycles. The molecule has 3 unspecified atom stereocenters. The molecule has 0 fully saturated rings. The lowest BCUT2D eigenvalue weighted by Gasteiger charge is -2.38. The van der Waals surface area contributed by atoms with Gasteiger partial charge in [0.05, 0.1) is 17.3 Å². The second-order valence-corrected chi connectivity index (χ2v) is 7.37. The summed E-state index contributed by atoms with van der Waals surface area (Å²) in [5.74, 6) is 0.406. The van der Waals surface area contributed by atoms with Crippen molar-refractivity contribution in [2.45, 2.75) is 32.2 Å². The predicted molar refractivity (Wildman–Crippen MR) is 111 cm³/mol. The molecule has 1 aliphatic heterocycles. The third-order valence-electron chi connectivity index (χ3n) is 6.04. The highest BCUT2D eigenvalue weighted by molar-refractivity contribution is 5.99. The maximum Gasteiger partial charge on any atom is 0.250 e. The van der Waals surface area contributed by atoms with Crippen molar-refractivity contribution in [2.24, 2.45) is 11.7 Å². The number of anilines is 2. The maximum absolute atomic E-state index is 12.0. The minimum Gasteiger partial charge on any atom is -0.377 e. The molecule has 3 atom stereocenters. The third-order valence-corrected chi connectivity index (χ3v) is 6.04. The molecule has 0 saturated carbocycles. The Hall–Kier alpha value is -2.75. The van der Waals surface area contributed by atoms with Gasteiger partial charge in [0.15, 0.2) is 0 Å². The van der Waals surface area contributed by atoms with Crippen molar-refractivity contribution < 1.29 is 4.79 Å². The molecular formula is C23H27N3O. The zero-order valence-electron chi connectivity index (χ0n) is 16.0. The number of nitrogens with two attached hydrogens (primary N) is 1. The highest BCUT2D eigenvalue weighted by atomic mass is 16.1. The van der Waals surface area contributed by atoms with Crippen LogP contribution < -0.4 is 16.0 Å². The van der Waals surface area contributed by atoms with Crippen LogP contribution in [0.25, 0.3) is 0 Å². The van der Waals surface area contributed by atoms with Crippen LogP contribution in [0.15, 0.2) is 54.6 Å². The quantitative estimate of drug-likeness (QED) is 0.773. The molecule has 0 radical (unpaired) electrons. The Bertz CT molecular complexity index is 868. The van der Waals surface area contributed by atoms with Crippen molar-refractivity contribution in [3.05, 3.63) is 71.3 Å². The van der Waals surface area contributed by atoms with Crippen molar-refractivity contribution in [3.8, 4) is 0 Å². The summed E-state index contributed by atoms with van der Waals surface area (Å²) in [5.41, 5.74) is 10.8. The Morgan fingerprint density at radius 3 is 2.56 bits per heavy atom. The van der Waals surface area contributed by atoms with E-state index < -0.39 is 0 Å². The average Bonchev–Trinajstić information content (AvgIpc) is 3.18. The van der Waals surface area contributed by atoms with Crippen molar-refractivity contribution in [1.29, 1.82) is 0 Å². The van der Waals surface area contributed by atoms with Crippen molar-refractivity contribution in [2.75, 3.05) is 23.3 Å². The summed E-state index contributed by atoms with van der Waals surface area (Å²) in [7, 11) is 0. The molecule has 4 nitrogen and oxygen atoms in total. The average molecular weight is 361 g/mol. The first-order chi connectivity index (χ1) is 13.1. The zero-order valence-corrected chi connectivity index (χ0v) is 16.0. The van der Waals surface area contributed by atoms with Gasteiger partial charge >= 0.3 is 0 Å². The van der Waals surface area contributed by atoms with E-state index in [1.54, 1.807) is 0 Å². The van der Waals surface area contributed by atoms with E-state index in [4.69, 9.17) is 5.73 Å². The number of fused-ring (bicyclic) bond motifs is 3. The van der Waals surface area contributed by atoms with E-state index in [1.165, 1.54) is 16.8 Å². The molecule has 3 N–H and O–H groups in total. The van der Waals surface area contributed by atoms with E-state index in [1.807, 2.05) is 12.1 Å². The zero-order chi connectivity index (χ0) is 19.0. The lowest BCUT2D eigenvalue weighted by molar-refractivity contribution is 0.100. The van der Waals surface area contributed by atoms with Gasteiger partial charge in [0, 0.05) is 24.7 Å². The van der Waals surface area contributed by atoms with Crippen LogP contribution in [0.2, 0.25) is 0 Å². The highest BCUT2D eigenvalue weighted by Gasteiger charge is 2.39. The molecule has 1 heterocycles. The molecule has 1 amide bonds. The number of rotatable bonds is 5. The second-order valence-electron chi connectivity index (χ2n) is 7.37. The van der Waals surface area contributed by atoms with Gasteiger partial charge in [-0.2, -0.15) is 0 Å². The van der Waals surface area contributed by atoms with E-state index in [-0.39, 0.29) is 11.9 Å². The van der Waals surface area contributed by atoms with Gasteiger partial charge < -0.3 is 16.0 Å². The summed E-state index contributed by atoms with van der Waals surface area (Å²) in [5, 5.41) is 3.66. The molecule has 27 heavy (non-hydrogen) atoms. The standard InChI is InChI=1S/C23H27N3O/c1-3-26(4-2)16-13-11-15(12-14-16)21-18-8-5-7-17(18)19-9-6-10-20(23(24)27)22(19)25-21/h5-7,9-14,17-18,21,25H,3-4,8H2,1-2H3,(H2,24,27). The highest BCUT2D eigenvalue weighted by Crippen LogP contribution is 2.50. The van der Waals surface area contributed by atoms with E-state index >= 15 is 0 Å². The van der Waals surface area contributed by atoms with Crippen LogP contribution in [-0.4, -0.2) is 19.0 Å². The number of allylic oxidation sites excluding steroid dienone is 2. The minimum absolute atomic E-state index is 0.170. The summed E-state index contributed by atoms with van der Waals surface area (Å²) in [6.07, 6.45) is 5.59. The van der Waals surface area contributed by atoms with Crippen LogP contribution in [-0.2, 0) is 0 Å². The Morgan fingerprint density at radius 1 is 1.15 bits per heavy atom. The van der Waals surface area contributed by atoms with Crippen LogP contribution in [0, 0.1) is 5.92 Å². The van der Waals surface area contributed by atoms with Crippen LogP contribution in [0.3, 0.4) is 0 Å². The van der Waals surface area contributed by atoms with E-state index in [0.29, 0.717) is 17.4 Å². The van der Waals surface area contributed by atoms with Crippen molar-refractivity contribution in [3.63, 3.8) is 0 Å². The van der Waals surface area contributed by atoms with Crippen LogP contribution in [0.5, 0.6) is 0 Å². The fourth-order valence-corrected chi connectivity index (χ4v) is 4.64. The summed E-state index contributed by atoms with van der Waals surface area (Å²) in [4.78, 5) is 14.3. The Morgan fingerprint density at radius 2 is 1.89 bits per heavy atom. The van der Waals surface area contributed by atoms with E-state index in [0.717, 1.165) is 25.2 Å². The molecule has 1 aliphatic carbocycles. The maximum atomic E-state index is 12.0. The summed E-state index contributed by atoms with van der Waals surface area (Å²) in [6.45, 7) is 6.36. The fraction of sp³-hybridized carbons (Fsp3) is 0.348. The van der Waals surface area contributed by atoms with Gasteiger partial charge in [-0.1, -0.05) is 36.4 Å². The largest absolute Gasteiger partial charge is 0.377 e. The number of nitrogens with one attached hydrogen (secondary N) is 1. The molecule has 0 spiro atoms. The fourth-order valence-electron chi connectivity index (χ4n) is 4.64. The topological polar surface area (TPSA) is 58.4 Å². The first-order valence-electron chi connectivity index (χ1n) is 9.84. The monoisotopic (exact) mass is 361 g/mol. The molecule has 2 aliphatic rings. The summed E-state index contributed by atoms with van der Waals surface area (Å²) >= 11 is 0. The molecule has 140 valence electrons. The molecule has 0 saturated heterocycles. The molecule has 4 rings (SSSR count). The summed E-state index contributed by atoms with van der Waals surface area (Å²) < 4.78 is 0. The molecule has 0 aromatic heterocycles. The van der Waals surface area contributed by atoms with Gasteiger partial charge in [-0.05, 0) is 55.5 Å². The molecule has 4 heteroatoms. The Labute approximate surface area is 161 Å². The lowest BCUT2D eigenvalue weighted by Crippen LogP contribution is -2.31. The number of amides is 1. The van der Waals surface area contributed by atoms with Crippen LogP contribution in [0.1, 0.15) is 53.7 Å². The number of primary amides is 1. The molecular weight excluding hydrogens is 334 g/mol. The summed E-state index contributed by atoms with van der Waals surface area (Å²) in [6, 6.07) is 14.9. The Kier molecular flexibility index (Phi) is 4.65. The first kappa shape index (κ1) is 17.7. The molecule has 2 aromatic rings. The second kappa shape index (κ2) is 7.10. The number of carbonyl (C=O) groups excluding carboxylic acids is 1. The van der Waals surface area contributed by atoms with Gasteiger partial charge in [0.25, 0.3) is 5.91 Å². The lowest BCUT2D eigenvalue weighted by atomic mass is 9.76. The normalized spacial score (nSPS) is 22.7. The predicted octanol–water partition coefficient (Wildman–Crippen LogP) is 4.46. The van der Waals surface area contributed by atoms with Gasteiger partial charge in [-0.25, -0.2) is 0 Å². The van der Waals surface area contributed by atoms with Gasteiger partial charge in [0.2, 0.25) is 0 Å². The SMILES string of the molecule is CCN(CC)c1ccc(C2Nc3c(C(N)=O)cccc3C3C=CCC32)cc1. The number of nitrogens with zero attached hydrogens (tertiary/aromatic N) is 1. The Balaban J connectivity index is 1.72.